The topological polar surface area (TPSA) is 63.7 Å². The van der Waals surface area contributed by atoms with Crippen molar-refractivity contribution in [1.29, 1.82) is 0 Å². The molecule has 0 heterocycles. The Morgan fingerprint density at radius 3 is 2.30 bits per heavy atom. The molecule has 20 heavy (non-hydrogen) atoms. The van der Waals surface area contributed by atoms with Crippen molar-refractivity contribution in [3.8, 4) is 0 Å². The molecule has 1 aromatic rings. The van der Waals surface area contributed by atoms with E-state index in [0.717, 1.165) is 4.31 Å². The van der Waals surface area contributed by atoms with Crippen LogP contribution in [-0.4, -0.2) is 32.8 Å². The van der Waals surface area contributed by atoms with Crippen LogP contribution in [0.25, 0.3) is 0 Å². The minimum absolute atomic E-state index is 0.107. The molecule has 1 rings (SSSR count). The standard InChI is InChI=1S/C13H18ClNO4S/c1-4-20(17,18)15(9-13(16)19-10(2)3)12-7-5-11(14)6-8-12/h5-8,10H,4,9H2,1-3H3. The molecule has 0 atom stereocenters. The second-order valence-corrected chi connectivity index (χ2v) is 7.04. The predicted molar refractivity (Wildman–Crippen MR) is 79.5 cm³/mol. The second kappa shape index (κ2) is 6.95. The molecule has 0 aliphatic heterocycles. The van der Waals surface area contributed by atoms with E-state index < -0.39 is 16.0 Å². The number of rotatable bonds is 6. The van der Waals surface area contributed by atoms with Gasteiger partial charge >= 0.3 is 5.97 Å². The summed E-state index contributed by atoms with van der Waals surface area (Å²) >= 11 is 5.78. The van der Waals surface area contributed by atoms with Gasteiger partial charge in [0.05, 0.1) is 17.5 Å². The van der Waals surface area contributed by atoms with Gasteiger partial charge in [-0.3, -0.25) is 9.10 Å². The monoisotopic (exact) mass is 319 g/mol. The van der Waals surface area contributed by atoms with E-state index in [1.807, 2.05) is 0 Å². The van der Waals surface area contributed by atoms with Crippen molar-refractivity contribution in [2.45, 2.75) is 26.9 Å². The fourth-order valence-corrected chi connectivity index (χ4v) is 2.71. The number of esters is 1. The molecule has 7 heteroatoms. The highest BCUT2D eigenvalue weighted by atomic mass is 35.5. The Bertz CT molecular complexity index is 554. The molecule has 0 N–H and O–H groups in total. The number of carbonyl (C=O) groups excluding carboxylic acids is 1. The van der Waals surface area contributed by atoms with Crippen LogP contribution in [0.5, 0.6) is 0 Å². The number of benzene rings is 1. The summed E-state index contributed by atoms with van der Waals surface area (Å²) in [6, 6.07) is 6.25. The molecule has 1 aromatic carbocycles. The fourth-order valence-electron chi connectivity index (χ4n) is 1.53. The van der Waals surface area contributed by atoms with E-state index in [1.54, 1.807) is 38.1 Å². The number of ether oxygens (including phenoxy) is 1. The molecular weight excluding hydrogens is 302 g/mol. The first kappa shape index (κ1) is 16.8. The lowest BCUT2D eigenvalue weighted by Crippen LogP contribution is -2.38. The number of hydrogen-bond acceptors (Lipinski definition) is 4. The Morgan fingerprint density at radius 1 is 1.30 bits per heavy atom. The van der Waals surface area contributed by atoms with Gasteiger partial charge in [0.2, 0.25) is 10.0 Å². The van der Waals surface area contributed by atoms with Crippen molar-refractivity contribution in [1.82, 2.24) is 0 Å². The summed E-state index contributed by atoms with van der Waals surface area (Å²) in [7, 11) is -3.57. The number of hydrogen-bond donors (Lipinski definition) is 0. The van der Waals surface area contributed by atoms with E-state index in [9.17, 15) is 13.2 Å². The van der Waals surface area contributed by atoms with Gasteiger partial charge in [-0.15, -0.1) is 0 Å². The largest absolute Gasteiger partial charge is 0.462 e. The third kappa shape index (κ3) is 4.68. The average Bonchev–Trinajstić information content (AvgIpc) is 2.36. The fraction of sp³-hybridized carbons (Fsp3) is 0.462. The maximum atomic E-state index is 12.1. The van der Waals surface area contributed by atoms with Crippen molar-refractivity contribution >= 4 is 33.3 Å². The summed E-state index contributed by atoms with van der Waals surface area (Å²) < 4.78 is 30.2. The number of anilines is 1. The average molecular weight is 320 g/mol. The van der Waals surface area contributed by atoms with Gasteiger partial charge in [-0.2, -0.15) is 0 Å². The molecular formula is C13H18ClNO4S. The van der Waals surface area contributed by atoms with Gasteiger partial charge in [0.25, 0.3) is 0 Å². The van der Waals surface area contributed by atoms with E-state index in [2.05, 4.69) is 0 Å². The van der Waals surface area contributed by atoms with Crippen LogP contribution in [-0.2, 0) is 19.6 Å². The zero-order valence-electron chi connectivity index (χ0n) is 11.7. The lowest BCUT2D eigenvalue weighted by Gasteiger charge is -2.23. The normalized spacial score (nSPS) is 11.4. The smallest absolute Gasteiger partial charge is 0.327 e. The maximum absolute atomic E-state index is 12.1. The van der Waals surface area contributed by atoms with Crippen LogP contribution in [0.1, 0.15) is 20.8 Å². The van der Waals surface area contributed by atoms with Crippen molar-refractivity contribution < 1.29 is 17.9 Å². The Balaban J connectivity index is 3.04. The van der Waals surface area contributed by atoms with E-state index in [4.69, 9.17) is 16.3 Å². The van der Waals surface area contributed by atoms with Gasteiger partial charge in [0.1, 0.15) is 6.54 Å². The van der Waals surface area contributed by atoms with Crippen LogP contribution in [0.15, 0.2) is 24.3 Å². The molecule has 5 nitrogen and oxygen atoms in total. The first-order chi connectivity index (χ1) is 9.26. The molecule has 0 saturated heterocycles. The zero-order valence-corrected chi connectivity index (χ0v) is 13.2. The van der Waals surface area contributed by atoms with Gasteiger partial charge in [-0.25, -0.2) is 8.42 Å². The van der Waals surface area contributed by atoms with Gasteiger partial charge in [0.15, 0.2) is 0 Å². The Hall–Kier alpha value is -1.27. The number of nitrogens with zero attached hydrogens (tertiary/aromatic N) is 1. The summed E-state index contributed by atoms with van der Waals surface area (Å²) in [4.78, 5) is 11.7. The summed E-state index contributed by atoms with van der Waals surface area (Å²) in [6.45, 7) is 4.58. The Morgan fingerprint density at radius 2 is 1.85 bits per heavy atom. The van der Waals surface area contributed by atoms with Crippen LogP contribution in [0.2, 0.25) is 5.02 Å². The van der Waals surface area contributed by atoms with Crippen LogP contribution >= 0.6 is 11.6 Å². The highest BCUT2D eigenvalue weighted by Crippen LogP contribution is 2.21. The van der Waals surface area contributed by atoms with E-state index in [1.165, 1.54) is 6.92 Å². The molecule has 0 aromatic heterocycles. The first-order valence-corrected chi connectivity index (χ1v) is 8.20. The number of sulfonamides is 1. The summed E-state index contributed by atoms with van der Waals surface area (Å²) in [5.74, 6) is -0.697. The maximum Gasteiger partial charge on any atom is 0.327 e. The second-order valence-electron chi connectivity index (χ2n) is 4.42. The van der Waals surface area contributed by atoms with Crippen LogP contribution in [0, 0.1) is 0 Å². The van der Waals surface area contributed by atoms with E-state index in [0.29, 0.717) is 10.7 Å². The number of halogens is 1. The van der Waals surface area contributed by atoms with Crippen molar-refractivity contribution in [3.05, 3.63) is 29.3 Å². The highest BCUT2D eigenvalue weighted by molar-refractivity contribution is 7.92. The van der Waals surface area contributed by atoms with Crippen molar-refractivity contribution in [2.75, 3.05) is 16.6 Å². The molecule has 0 fully saturated rings. The lowest BCUT2D eigenvalue weighted by atomic mass is 10.3. The molecule has 0 amide bonds. The molecule has 0 aliphatic rings. The summed E-state index contributed by atoms with van der Waals surface area (Å²) in [5.41, 5.74) is 0.386. The van der Waals surface area contributed by atoms with Crippen LogP contribution < -0.4 is 4.31 Å². The van der Waals surface area contributed by atoms with Crippen LogP contribution in [0.3, 0.4) is 0 Å². The Labute approximate surface area is 124 Å². The van der Waals surface area contributed by atoms with Gasteiger partial charge < -0.3 is 4.74 Å². The molecule has 0 unspecified atom stereocenters. The zero-order chi connectivity index (χ0) is 15.3. The Kier molecular flexibility index (Phi) is 5.83. The lowest BCUT2D eigenvalue weighted by molar-refractivity contribution is -0.145. The molecule has 0 bridgehead atoms. The summed E-state index contributed by atoms with van der Waals surface area (Å²) in [5, 5.41) is 0.493. The quantitative estimate of drug-likeness (QED) is 0.755. The van der Waals surface area contributed by atoms with Crippen LogP contribution in [0.4, 0.5) is 5.69 Å². The minimum atomic E-state index is -3.57. The minimum Gasteiger partial charge on any atom is -0.462 e. The molecule has 0 radical (unpaired) electrons. The van der Waals surface area contributed by atoms with Gasteiger partial charge in [-0.1, -0.05) is 11.6 Å². The van der Waals surface area contributed by atoms with Crippen molar-refractivity contribution in [3.63, 3.8) is 0 Å². The van der Waals surface area contributed by atoms with Gasteiger partial charge in [0, 0.05) is 5.02 Å². The summed E-state index contributed by atoms with van der Waals surface area (Å²) in [6.07, 6.45) is -0.293. The van der Waals surface area contributed by atoms with Crippen molar-refractivity contribution in [2.24, 2.45) is 0 Å². The SMILES string of the molecule is CCS(=O)(=O)N(CC(=O)OC(C)C)c1ccc(Cl)cc1. The molecule has 0 saturated carbocycles. The predicted octanol–water partition coefficient (Wildman–Crippen LogP) is 2.45. The third-order valence-electron chi connectivity index (χ3n) is 2.46. The first-order valence-electron chi connectivity index (χ1n) is 6.21. The molecule has 112 valence electrons. The van der Waals surface area contributed by atoms with Gasteiger partial charge in [-0.05, 0) is 45.0 Å². The molecule has 0 aliphatic carbocycles. The third-order valence-corrected chi connectivity index (χ3v) is 4.45. The van der Waals surface area contributed by atoms with E-state index >= 15 is 0 Å². The van der Waals surface area contributed by atoms with E-state index in [-0.39, 0.29) is 18.4 Å². The number of carbonyl (C=O) groups is 1. The molecule has 0 spiro atoms. The highest BCUT2D eigenvalue weighted by Gasteiger charge is 2.24.